The first-order valence-electron chi connectivity index (χ1n) is 8.88. The van der Waals surface area contributed by atoms with Crippen molar-refractivity contribution in [2.24, 2.45) is 4.99 Å². The van der Waals surface area contributed by atoms with E-state index in [0.29, 0.717) is 13.2 Å². The first-order chi connectivity index (χ1) is 12.3. The highest BCUT2D eigenvalue weighted by Crippen LogP contribution is 2.15. The Labute approximate surface area is 158 Å². The van der Waals surface area contributed by atoms with Gasteiger partial charge in [0.25, 0.3) is 0 Å². The van der Waals surface area contributed by atoms with Gasteiger partial charge < -0.3 is 24.8 Å². The first kappa shape index (κ1) is 20.0. The summed E-state index contributed by atoms with van der Waals surface area (Å²) in [6.07, 6.45) is 2.18. The second kappa shape index (κ2) is 12.1. The standard InChI is InChI=1S/C18H28BrN3O3/c1-2-20-18(21-9-3-11-24-17-8-12-23-14-17)22-10-13-25-16-6-4-15(19)5-7-16/h4-7,17H,2-3,8-14H2,1H3,(H2,20,21,22). The molecular weight excluding hydrogens is 386 g/mol. The third kappa shape index (κ3) is 8.56. The lowest BCUT2D eigenvalue weighted by Crippen LogP contribution is -2.39. The van der Waals surface area contributed by atoms with Crippen LogP contribution in [0.4, 0.5) is 0 Å². The van der Waals surface area contributed by atoms with E-state index < -0.39 is 0 Å². The van der Waals surface area contributed by atoms with Crippen LogP contribution in [0.2, 0.25) is 0 Å². The Kier molecular flexibility index (Phi) is 9.69. The Bertz CT molecular complexity index is 505. The highest BCUT2D eigenvalue weighted by molar-refractivity contribution is 9.10. The van der Waals surface area contributed by atoms with Crippen molar-refractivity contribution in [1.82, 2.24) is 10.6 Å². The molecule has 0 aliphatic carbocycles. The molecule has 6 nitrogen and oxygen atoms in total. The van der Waals surface area contributed by atoms with Gasteiger partial charge in [-0.1, -0.05) is 15.9 Å². The van der Waals surface area contributed by atoms with Crippen LogP contribution in [0.3, 0.4) is 0 Å². The van der Waals surface area contributed by atoms with Crippen molar-refractivity contribution in [3.63, 3.8) is 0 Å². The maximum atomic E-state index is 5.74. The number of guanidine groups is 1. The molecule has 2 rings (SSSR count). The maximum Gasteiger partial charge on any atom is 0.191 e. The molecule has 25 heavy (non-hydrogen) atoms. The Morgan fingerprint density at radius 3 is 2.84 bits per heavy atom. The number of rotatable bonds is 10. The highest BCUT2D eigenvalue weighted by atomic mass is 79.9. The van der Waals surface area contributed by atoms with Gasteiger partial charge in [0, 0.05) is 30.8 Å². The van der Waals surface area contributed by atoms with Crippen LogP contribution in [0.25, 0.3) is 0 Å². The molecule has 1 heterocycles. The van der Waals surface area contributed by atoms with Crippen molar-refractivity contribution in [1.29, 1.82) is 0 Å². The molecule has 0 radical (unpaired) electrons. The van der Waals surface area contributed by atoms with Crippen molar-refractivity contribution < 1.29 is 14.2 Å². The summed E-state index contributed by atoms with van der Waals surface area (Å²) in [5.41, 5.74) is 0. The lowest BCUT2D eigenvalue weighted by molar-refractivity contribution is 0.0424. The molecule has 1 fully saturated rings. The van der Waals surface area contributed by atoms with Gasteiger partial charge in [-0.15, -0.1) is 0 Å². The van der Waals surface area contributed by atoms with Gasteiger partial charge in [-0.05, 0) is 44.0 Å². The largest absolute Gasteiger partial charge is 0.492 e. The summed E-state index contributed by atoms with van der Waals surface area (Å²) in [4.78, 5) is 4.56. The molecule has 0 saturated carbocycles. The van der Waals surface area contributed by atoms with Crippen LogP contribution in [-0.2, 0) is 9.47 Å². The Hall–Kier alpha value is -1.31. The molecule has 2 N–H and O–H groups in total. The van der Waals surface area contributed by atoms with Gasteiger partial charge >= 0.3 is 0 Å². The van der Waals surface area contributed by atoms with Crippen LogP contribution in [-0.4, -0.2) is 58.1 Å². The van der Waals surface area contributed by atoms with E-state index in [1.807, 2.05) is 24.3 Å². The monoisotopic (exact) mass is 413 g/mol. The van der Waals surface area contributed by atoms with Crippen molar-refractivity contribution in [3.05, 3.63) is 28.7 Å². The number of aliphatic imine (C=N–C) groups is 1. The van der Waals surface area contributed by atoms with E-state index >= 15 is 0 Å². The lowest BCUT2D eigenvalue weighted by Gasteiger charge is -2.12. The van der Waals surface area contributed by atoms with E-state index in [2.05, 4.69) is 38.5 Å². The van der Waals surface area contributed by atoms with E-state index in [-0.39, 0.29) is 6.10 Å². The van der Waals surface area contributed by atoms with Crippen molar-refractivity contribution in [2.45, 2.75) is 25.9 Å². The Balaban J connectivity index is 1.58. The SMILES string of the molecule is CCNC(=NCCCOC1CCOC1)NCCOc1ccc(Br)cc1. The number of nitrogens with one attached hydrogen (secondary N) is 2. The molecule has 0 amide bonds. The number of ether oxygens (including phenoxy) is 3. The third-order valence-electron chi connectivity index (χ3n) is 3.63. The predicted molar refractivity (Wildman–Crippen MR) is 103 cm³/mol. The smallest absolute Gasteiger partial charge is 0.191 e. The Morgan fingerprint density at radius 2 is 2.12 bits per heavy atom. The summed E-state index contributed by atoms with van der Waals surface area (Å²) in [6, 6.07) is 7.82. The van der Waals surface area contributed by atoms with E-state index in [0.717, 1.165) is 61.9 Å². The van der Waals surface area contributed by atoms with Gasteiger partial charge in [-0.2, -0.15) is 0 Å². The molecule has 0 spiro atoms. The first-order valence-corrected chi connectivity index (χ1v) is 9.67. The molecule has 1 aromatic carbocycles. The molecule has 7 heteroatoms. The average Bonchev–Trinajstić information content (AvgIpc) is 3.13. The number of hydrogen-bond donors (Lipinski definition) is 2. The van der Waals surface area contributed by atoms with Gasteiger partial charge in [0.2, 0.25) is 0 Å². The van der Waals surface area contributed by atoms with Crippen molar-refractivity contribution >= 4 is 21.9 Å². The summed E-state index contributed by atoms with van der Waals surface area (Å²) in [5.74, 6) is 1.67. The van der Waals surface area contributed by atoms with Gasteiger partial charge in [0.05, 0.1) is 19.3 Å². The second-order valence-corrected chi connectivity index (χ2v) is 6.62. The Morgan fingerprint density at radius 1 is 1.28 bits per heavy atom. The molecule has 140 valence electrons. The maximum absolute atomic E-state index is 5.74. The fourth-order valence-corrected chi connectivity index (χ4v) is 2.62. The molecule has 1 atom stereocenters. The third-order valence-corrected chi connectivity index (χ3v) is 4.16. The highest BCUT2D eigenvalue weighted by Gasteiger charge is 2.15. The van der Waals surface area contributed by atoms with Crippen LogP contribution in [0.5, 0.6) is 5.75 Å². The summed E-state index contributed by atoms with van der Waals surface area (Å²) >= 11 is 3.41. The number of nitrogens with zero attached hydrogens (tertiary/aromatic N) is 1. The second-order valence-electron chi connectivity index (χ2n) is 5.70. The molecular formula is C18H28BrN3O3. The average molecular weight is 414 g/mol. The minimum Gasteiger partial charge on any atom is -0.492 e. The van der Waals surface area contributed by atoms with Crippen molar-refractivity contribution in [3.8, 4) is 5.75 Å². The molecule has 0 bridgehead atoms. The minimum absolute atomic E-state index is 0.270. The zero-order valence-corrected chi connectivity index (χ0v) is 16.4. The summed E-state index contributed by atoms with van der Waals surface area (Å²) < 4.78 is 17.8. The number of halogens is 1. The van der Waals surface area contributed by atoms with E-state index in [9.17, 15) is 0 Å². The van der Waals surface area contributed by atoms with Gasteiger partial charge in [-0.3, -0.25) is 4.99 Å². The fourth-order valence-electron chi connectivity index (χ4n) is 2.36. The van der Waals surface area contributed by atoms with Gasteiger partial charge in [-0.25, -0.2) is 0 Å². The van der Waals surface area contributed by atoms with Crippen molar-refractivity contribution in [2.75, 3.05) is 46.1 Å². The van der Waals surface area contributed by atoms with Crippen LogP contribution in [0, 0.1) is 0 Å². The van der Waals surface area contributed by atoms with E-state index in [4.69, 9.17) is 14.2 Å². The molecule has 1 aliphatic rings. The van der Waals surface area contributed by atoms with Crippen LogP contribution < -0.4 is 15.4 Å². The molecule has 1 saturated heterocycles. The lowest BCUT2D eigenvalue weighted by atomic mass is 10.3. The fraction of sp³-hybridized carbons (Fsp3) is 0.611. The number of benzene rings is 1. The van der Waals surface area contributed by atoms with Crippen LogP contribution in [0.15, 0.2) is 33.7 Å². The summed E-state index contributed by atoms with van der Waals surface area (Å²) in [7, 11) is 0. The summed E-state index contributed by atoms with van der Waals surface area (Å²) in [6.45, 7) is 7.16. The normalized spacial score (nSPS) is 17.5. The molecule has 1 unspecified atom stereocenters. The zero-order chi connectivity index (χ0) is 17.7. The quantitative estimate of drug-likeness (QED) is 0.350. The molecule has 0 aromatic heterocycles. The van der Waals surface area contributed by atoms with Crippen LogP contribution >= 0.6 is 15.9 Å². The predicted octanol–water partition coefficient (Wildman–Crippen LogP) is 2.58. The topological polar surface area (TPSA) is 64.1 Å². The van der Waals surface area contributed by atoms with Gasteiger partial charge in [0.15, 0.2) is 5.96 Å². The zero-order valence-electron chi connectivity index (χ0n) is 14.8. The molecule has 1 aromatic rings. The van der Waals surface area contributed by atoms with E-state index in [1.54, 1.807) is 0 Å². The van der Waals surface area contributed by atoms with Gasteiger partial charge in [0.1, 0.15) is 12.4 Å². The number of hydrogen-bond acceptors (Lipinski definition) is 4. The van der Waals surface area contributed by atoms with E-state index in [1.165, 1.54) is 0 Å². The van der Waals surface area contributed by atoms with Crippen LogP contribution in [0.1, 0.15) is 19.8 Å². The minimum atomic E-state index is 0.270. The molecule has 1 aliphatic heterocycles. The summed E-state index contributed by atoms with van der Waals surface area (Å²) in [5, 5.41) is 6.52.